The Labute approximate surface area is 122 Å². The van der Waals surface area contributed by atoms with Crippen molar-refractivity contribution < 1.29 is 14.3 Å². The molecule has 0 unspecified atom stereocenters. The maximum Gasteiger partial charge on any atom is 0.371 e. The third-order valence-corrected chi connectivity index (χ3v) is 3.74. The van der Waals surface area contributed by atoms with E-state index in [0.717, 1.165) is 0 Å². The molecule has 2 rings (SSSR count). The van der Waals surface area contributed by atoms with Crippen LogP contribution in [0.1, 0.15) is 10.6 Å². The topological polar surface area (TPSA) is 50.4 Å². The fourth-order valence-electron chi connectivity index (χ4n) is 1.38. The molecule has 0 fully saturated rings. The summed E-state index contributed by atoms with van der Waals surface area (Å²) in [6.45, 7) is 0. The highest BCUT2D eigenvalue weighted by Crippen LogP contribution is 2.43. The molecule has 1 heterocycles. The number of halogens is 4. The second-order valence-electron chi connectivity index (χ2n) is 3.31. The first kappa shape index (κ1) is 13.6. The van der Waals surface area contributed by atoms with Crippen molar-refractivity contribution in [2.75, 3.05) is 0 Å². The quantitative estimate of drug-likeness (QED) is 0.605. The molecule has 2 aromatic rings. The highest BCUT2D eigenvalue weighted by molar-refractivity contribution is 6.51. The summed E-state index contributed by atoms with van der Waals surface area (Å²) >= 11 is 23.7. The number of aromatic carboxylic acids is 1. The lowest BCUT2D eigenvalue weighted by Gasteiger charge is -2.07. The lowest BCUT2D eigenvalue weighted by molar-refractivity contribution is 0.0663. The lowest BCUT2D eigenvalue weighted by Crippen LogP contribution is -1.91. The Bertz CT molecular complexity index is 633. The number of benzene rings is 1. The van der Waals surface area contributed by atoms with Crippen molar-refractivity contribution in [1.29, 1.82) is 0 Å². The van der Waals surface area contributed by atoms with Crippen LogP contribution in [0.5, 0.6) is 0 Å². The van der Waals surface area contributed by atoms with Crippen LogP contribution in [0.3, 0.4) is 0 Å². The molecule has 1 aromatic carbocycles. The van der Waals surface area contributed by atoms with Crippen LogP contribution in [-0.2, 0) is 0 Å². The van der Waals surface area contributed by atoms with Crippen LogP contribution in [-0.4, -0.2) is 11.1 Å². The van der Waals surface area contributed by atoms with Crippen molar-refractivity contribution in [1.82, 2.24) is 0 Å². The average Bonchev–Trinajstić information content (AvgIpc) is 2.75. The Morgan fingerprint density at radius 3 is 2.28 bits per heavy atom. The number of carbonyl (C=O) groups is 1. The zero-order valence-electron chi connectivity index (χ0n) is 8.51. The number of rotatable bonds is 2. The number of hydrogen-bond acceptors (Lipinski definition) is 2. The van der Waals surface area contributed by atoms with Gasteiger partial charge in [0.15, 0.2) is 0 Å². The SMILES string of the molecule is O=C(O)c1ccc(-c2c(Cl)cc(Cl)c(Cl)c2Cl)o1. The largest absolute Gasteiger partial charge is 0.475 e. The van der Waals surface area contributed by atoms with E-state index >= 15 is 0 Å². The Balaban J connectivity index is 2.63. The van der Waals surface area contributed by atoms with E-state index in [1.807, 2.05) is 0 Å². The number of furan rings is 1. The third kappa shape index (κ3) is 2.31. The summed E-state index contributed by atoms with van der Waals surface area (Å²) in [6, 6.07) is 4.16. The van der Waals surface area contributed by atoms with Gasteiger partial charge < -0.3 is 9.52 Å². The summed E-state index contributed by atoms with van der Waals surface area (Å²) in [5.74, 6) is -1.20. The summed E-state index contributed by atoms with van der Waals surface area (Å²) in [7, 11) is 0. The van der Waals surface area contributed by atoms with E-state index in [1.165, 1.54) is 18.2 Å². The first-order valence-electron chi connectivity index (χ1n) is 4.58. The van der Waals surface area contributed by atoms with Crippen LogP contribution in [0, 0.1) is 0 Å². The first-order chi connectivity index (χ1) is 8.41. The molecule has 94 valence electrons. The van der Waals surface area contributed by atoms with E-state index in [-0.39, 0.29) is 31.6 Å². The van der Waals surface area contributed by atoms with Gasteiger partial charge in [0.05, 0.1) is 25.7 Å². The van der Waals surface area contributed by atoms with E-state index in [2.05, 4.69) is 0 Å². The molecule has 0 atom stereocenters. The molecule has 3 nitrogen and oxygen atoms in total. The van der Waals surface area contributed by atoms with Crippen LogP contribution >= 0.6 is 46.4 Å². The van der Waals surface area contributed by atoms with Gasteiger partial charge in [-0.2, -0.15) is 0 Å². The molecule has 0 aliphatic rings. The molecule has 0 aliphatic carbocycles. The number of hydrogen-bond donors (Lipinski definition) is 1. The Kier molecular flexibility index (Phi) is 3.78. The molecule has 0 bridgehead atoms. The van der Waals surface area contributed by atoms with Gasteiger partial charge in [0.1, 0.15) is 5.76 Å². The molecule has 7 heteroatoms. The lowest BCUT2D eigenvalue weighted by atomic mass is 10.1. The van der Waals surface area contributed by atoms with Gasteiger partial charge in [-0.25, -0.2) is 4.79 Å². The maximum absolute atomic E-state index is 10.7. The van der Waals surface area contributed by atoms with Crippen molar-refractivity contribution in [3.05, 3.63) is 44.0 Å². The fraction of sp³-hybridized carbons (Fsp3) is 0. The summed E-state index contributed by atoms with van der Waals surface area (Å²) in [5, 5.41) is 9.45. The van der Waals surface area contributed by atoms with Crippen molar-refractivity contribution in [2.24, 2.45) is 0 Å². The maximum atomic E-state index is 10.7. The molecule has 0 spiro atoms. The highest BCUT2D eigenvalue weighted by Gasteiger charge is 2.19. The normalized spacial score (nSPS) is 10.7. The second-order valence-corrected chi connectivity index (χ2v) is 4.88. The third-order valence-electron chi connectivity index (χ3n) is 2.18. The number of carboxylic acids is 1. The Hall–Kier alpha value is -0.870. The minimum Gasteiger partial charge on any atom is -0.475 e. The molecular weight excluding hydrogens is 322 g/mol. The smallest absolute Gasteiger partial charge is 0.371 e. The molecular formula is C11H4Cl4O3. The van der Waals surface area contributed by atoms with Gasteiger partial charge in [0.25, 0.3) is 0 Å². The summed E-state index contributed by atoms with van der Waals surface area (Å²) in [4.78, 5) is 10.7. The van der Waals surface area contributed by atoms with Gasteiger partial charge in [-0.05, 0) is 18.2 Å². The summed E-state index contributed by atoms with van der Waals surface area (Å²) in [6.07, 6.45) is 0. The zero-order chi connectivity index (χ0) is 13.4. The van der Waals surface area contributed by atoms with Crippen LogP contribution in [0.25, 0.3) is 11.3 Å². The van der Waals surface area contributed by atoms with Crippen molar-refractivity contribution in [3.8, 4) is 11.3 Å². The molecule has 0 saturated carbocycles. The predicted molar refractivity (Wildman–Crippen MR) is 71.1 cm³/mol. The van der Waals surface area contributed by atoms with Crippen LogP contribution < -0.4 is 0 Å². The summed E-state index contributed by atoms with van der Waals surface area (Å²) < 4.78 is 5.12. The predicted octanol–water partition coefficient (Wildman–Crippen LogP) is 5.26. The minimum atomic E-state index is -1.19. The van der Waals surface area contributed by atoms with Crippen molar-refractivity contribution in [3.63, 3.8) is 0 Å². The molecule has 1 N–H and O–H groups in total. The van der Waals surface area contributed by atoms with Gasteiger partial charge in [-0.1, -0.05) is 46.4 Å². The monoisotopic (exact) mass is 324 g/mol. The van der Waals surface area contributed by atoms with Gasteiger partial charge in [-0.15, -0.1) is 0 Å². The van der Waals surface area contributed by atoms with Crippen LogP contribution in [0.4, 0.5) is 0 Å². The Morgan fingerprint density at radius 1 is 1.06 bits per heavy atom. The first-order valence-corrected chi connectivity index (χ1v) is 6.09. The van der Waals surface area contributed by atoms with E-state index in [0.29, 0.717) is 5.56 Å². The van der Waals surface area contributed by atoms with Crippen LogP contribution in [0.2, 0.25) is 20.1 Å². The van der Waals surface area contributed by atoms with Gasteiger partial charge in [0, 0.05) is 0 Å². The van der Waals surface area contributed by atoms with Gasteiger partial charge in [-0.3, -0.25) is 0 Å². The molecule has 0 radical (unpaired) electrons. The summed E-state index contributed by atoms with van der Waals surface area (Å²) in [5.41, 5.74) is 0.306. The van der Waals surface area contributed by atoms with Gasteiger partial charge >= 0.3 is 5.97 Å². The van der Waals surface area contributed by atoms with E-state index in [9.17, 15) is 4.79 Å². The fourth-order valence-corrected chi connectivity index (χ4v) is 2.48. The van der Waals surface area contributed by atoms with E-state index < -0.39 is 5.97 Å². The molecule has 0 saturated heterocycles. The van der Waals surface area contributed by atoms with Crippen LogP contribution in [0.15, 0.2) is 22.6 Å². The highest BCUT2D eigenvalue weighted by atomic mass is 35.5. The number of carboxylic acid groups (broad SMARTS) is 1. The zero-order valence-corrected chi connectivity index (χ0v) is 11.5. The van der Waals surface area contributed by atoms with E-state index in [4.69, 9.17) is 55.9 Å². The molecule has 0 amide bonds. The van der Waals surface area contributed by atoms with Crippen molar-refractivity contribution in [2.45, 2.75) is 0 Å². The molecule has 18 heavy (non-hydrogen) atoms. The molecule has 1 aromatic heterocycles. The second kappa shape index (κ2) is 5.02. The van der Waals surface area contributed by atoms with E-state index in [1.54, 1.807) is 0 Å². The van der Waals surface area contributed by atoms with Gasteiger partial charge in [0.2, 0.25) is 5.76 Å². The Morgan fingerprint density at radius 2 is 1.72 bits per heavy atom. The minimum absolute atomic E-state index is 0.112. The average molecular weight is 326 g/mol. The molecule has 0 aliphatic heterocycles. The van der Waals surface area contributed by atoms with Crippen molar-refractivity contribution >= 4 is 52.4 Å². The standard InChI is InChI=1S/C11H4Cl4O3/c12-4-3-5(13)9(14)10(15)8(4)6-1-2-7(18-6)11(16)17/h1-3H,(H,16,17).